The Morgan fingerprint density at radius 1 is 1.28 bits per heavy atom. The number of aromatic nitrogens is 2. The quantitative estimate of drug-likeness (QED) is 0.521. The van der Waals surface area contributed by atoms with Crippen LogP contribution in [0.5, 0.6) is 0 Å². The van der Waals surface area contributed by atoms with Gasteiger partial charge in [-0.3, -0.25) is 14.2 Å². The normalized spacial score (nSPS) is 14.6. The molecule has 2 atom stereocenters. The fourth-order valence-corrected chi connectivity index (χ4v) is 3.63. The number of benzene rings is 1. The number of thioether (sulfide) groups is 1. The van der Waals surface area contributed by atoms with Gasteiger partial charge in [-0.1, -0.05) is 51.6 Å². The lowest BCUT2D eigenvalue weighted by molar-refractivity contribution is -0.121. The Morgan fingerprint density at radius 2 is 1.93 bits per heavy atom. The summed E-state index contributed by atoms with van der Waals surface area (Å²) in [4.78, 5) is 30.5. The maximum absolute atomic E-state index is 13.0. The molecule has 2 unspecified atom stereocenters. The van der Waals surface area contributed by atoms with Gasteiger partial charge in [-0.15, -0.1) is 0 Å². The van der Waals surface area contributed by atoms with Gasteiger partial charge in [0.2, 0.25) is 5.91 Å². The Balaban J connectivity index is 2.36. The van der Waals surface area contributed by atoms with Crippen LogP contribution in [0.2, 0.25) is 0 Å². The smallest absolute Gasteiger partial charge is 0.262 e. The van der Waals surface area contributed by atoms with Crippen molar-refractivity contribution >= 4 is 28.6 Å². The molecule has 0 aliphatic rings. The summed E-state index contributed by atoms with van der Waals surface area (Å²) in [5.74, 6) is 0.163. The minimum absolute atomic E-state index is 0.0309. The molecule has 0 saturated carbocycles. The molecule has 2 rings (SSSR count). The first-order valence-electron chi connectivity index (χ1n) is 9.98. The summed E-state index contributed by atoms with van der Waals surface area (Å²) in [6.45, 7) is 12.1. The zero-order chi connectivity index (χ0) is 21.8. The molecule has 0 radical (unpaired) electrons. The summed E-state index contributed by atoms with van der Waals surface area (Å²) in [5, 5.41) is 12.9. The highest BCUT2D eigenvalue weighted by atomic mass is 32.2. The number of nitrogens with zero attached hydrogens (tertiary/aromatic N) is 3. The molecule has 1 aromatic heterocycles. The molecule has 0 aliphatic carbocycles. The number of hydrogen-bond acceptors (Lipinski definition) is 5. The van der Waals surface area contributed by atoms with Gasteiger partial charge < -0.3 is 5.32 Å². The summed E-state index contributed by atoms with van der Waals surface area (Å²) < 4.78 is 1.67. The molecule has 0 fully saturated rings. The van der Waals surface area contributed by atoms with E-state index >= 15 is 0 Å². The van der Waals surface area contributed by atoms with Crippen molar-refractivity contribution in [3.63, 3.8) is 0 Å². The molecule has 1 aromatic carbocycles. The molecule has 1 N–H and O–H groups in total. The second-order valence-corrected chi connectivity index (χ2v) is 9.58. The van der Waals surface area contributed by atoms with E-state index in [9.17, 15) is 14.9 Å². The van der Waals surface area contributed by atoms with E-state index < -0.39 is 10.8 Å². The van der Waals surface area contributed by atoms with E-state index in [2.05, 4.69) is 30.2 Å². The summed E-state index contributed by atoms with van der Waals surface area (Å²) >= 11 is 1.25. The average molecular weight is 415 g/mol. The lowest BCUT2D eigenvalue weighted by Gasteiger charge is -2.28. The summed E-state index contributed by atoms with van der Waals surface area (Å²) in [6.07, 6.45) is 0.841. The lowest BCUT2D eigenvalue weighted by Crippen LogP contribution is -2.51. The second kappa shape index (κ2) is 9.45. The van der Waals surface area contributed by atoms with Crippen molar-refractivity contribution in [3.05, 3.63) is 34.6 Å². The van der Waals surface area contributed by atoms with Crippen molar-refractivity contribution in [2.24, 2.45) is 11.8 Å². The topological polar surface area (TPSA) is 87.8 Å². The molecule has 1 amide bonds. The number of para-hydroxylation sites is 1. The van der Waals surface area contributed by atoms with Crippen molar-refractivity contribution in [2.45, 2.75) is 70.5 Å². The van der Waals surface area contributed by atoms with Gasteiger partial charge in [0.15, 0.2) is 5.16 Å². The van der Waals surface area contributed by atoms with E-state index in [0.717, 1.165) is 6.42 Å². The van der Waals surface area contributed by atoms with Crippen molar-refractivity contribution in [2.75, 3.05) is 0 Å². The van der Waals surface area contributed by atoms with E-state index in [1.165, 1.54) is 11.8 Å². The lowest BCUT2D eigenvalue weighted by atomic mass is 9.90. The second-order valence-electron chi connectivity index (χ2n) is 8.27. The zero-order valence-corrected chi connectivity index (χ0v) is 18.8. The Bertz CT molecular complexity index is 977. The van der Waals surface area contributed by atoms with Crippen LogP contribution in [0, 0.1) is 23.2 Å². The predicted octanol–water partition coefficient (Wildman–Crippen LogP) is 3.98. The number of nitrogens with one attached hydrogen (secondary N) is 1. The third-order valence-corrected chi connectivity index (χ3v) is 6.27. The number of amides is 1. The highest BCUT2D eigenvalue weighted by Crippen LogP contribution is 2.25. The van der Waals surface area contributed by atoms with Gasteiger partial charge in [0, 0.05) is 6.54 Å². The zero-order valence-electron chi connectivity index (χ0n) is 18.0. The molecule has 2 aromatic rings. The molecule has 0 saturated heterocycles. The van der Waals surface area contributed by atoms with E-state index in [0.29, 0.717) is 28.5 Å². The SMILES string of the molecule is CC(C)CCn1c(SC(C)C(=O)NC(C)(C#N)C(C)C)nc2ccccc2c1=O. The monoisotopic (exact) mass is 414 g/mol. The van der Waals surface area contributed by atoms with Crippen LogP contribution in [0.3, 0.4) is 0 Å². The summed E-state index contributed by atoms with van der Waals surface area (Å²) in [5.41, 5.74) is -0.409. The van der Waals surface area contributed by atoms with Crippen LogP contribution in [0.15, 0.2) is 34.2 Å². The van der Waals surface area contributed by atoms with Crippen molar-refractivity contribution in [1.29, 1.82) is 5.26 Å². The van der Waals surface area contributed by atoms with E-state index in [1.807, 2.05) is 32.0 Å². The molecular weight excluding hydrogens is 384 g/mol. The van der Waals surface area contributed by atoms with Gasteiger partial charge >= 0.3 is 0 Å². The van der Waals surface area contributed by atoms with Crippen LogP contribution < -0.4 is 10.9 Å². The van der Waals surface area contributed by atoms with Crippen LogP contribution in [-0.4, -0.2) is 26.2 Å². The minimum atomic E-state index is -0.944. The van der Waals surface area contributed by atoms with Gasteiger partial charge in [0.25, 0.3) is 5.56 Å². The number of carbonyl (C=O) groups excluding carboxylic acids is 1. The largest absolute Gasteiger partial charge is 0.337 e. The third-order valence-electron chi connectivity index (χ3n) is 5.18. The molecule has 1 heterocycles. The number of hydrogen-bond donors (Lipinski definition) is 1. The molecule has 0 aliphatic heterocycles. The van der Waals surface area contributed by atoms with E-state index in [1.54, 1.807) is 24.5 Å². The highest BCUT2D eigenvalue weighted by molar-refractivity contribution is 8.00. The van der Waals surface area contributed by atoms with Crippen LogP contribution in [0.1, 0.15) is 48.0 Å². The van der Waals surface area contributed by atoms with Gasteiger partial charge in [-0.2, -0.15) is 5.26 Å². The first-order valence-corrected chi connectivity index (χ1v) is 10.9. The molecular formula is C22H30N4O2S. The molecule has 29 heavy (non-hydrogen) atoms. The number of nitriles is 1. The Kier molecular flexibility index (Phi) is 7.48. The van der Waals surface area contributed by atoms with Gasteiger partial charge in [0.1, 0.15) is 5.54 Å². The third kappa shape index (κ3) is 5.39. The molecule has 156 valence electrons. The van der Waals surface area contributed by atoms with Gasteiger partial charge in [0.05, 0.1) is 22.2 Å². The standard InChI is InChI=1S/C22H30N4O2S/c1-14(2)11-12-26-20(28)17-9-7-8-10-18(17)24-21(26)29-16(5)19(27)25-22(6,13-23)15(3)4/h7-10,14-16H,11-12H2,1-6H3,(H,25,27). The molecule has 0 bridgehead atoms. The highest BCUT2D eigenvalue weighted by Gasteiger charge is 2.32. The van der Waals surface area contributed by atoms with E-state index in [-0.39, 0.29) is 17.4 Å². The Morgan fingerprint density at radius 3 is 2.52 bits per heavy atom. The fourth-order valence-electron chi connectivity index (χ4n) is 2.69. The van der Waals surface area contributed by atoms with E-state index in [4.69, 9.17) is 0 Å². The van der Waals surface area contributed by atoms with Gasteiger partial charge in [-0.05, 0) is 44.2 Å². The first kappa shape index (κ1) is 23.0. The summed E-state index contributed by atoms with van der Waals surface area (Å²) in [6, 6.07) is 9.46. The number of carbonyl (C=O) groups is 1. The Labute approximate surface area is 176 Å². The molecule has 0 spiro atoms. The molecule has 7 heteroatoms. The van der Waals surface area contributed by atoms with Crippen molar-refractivity contribution in [1.82, 2.24) is 14.9 Å². The maximum Gasteiger partial charge on any atom is 0.262 e. The Hall–Kier alpha value is -2.33. The van der Waals surface area contributed by atoms with Crippen LogP contribution >= 0.6 is 11.8 Å². The van der Waals surface area contributed by atoms with Crippen molar-refractivity contribution < 1.29 is 4.79 Å². The first-order chi connectivity index (χ1) is 13.6. The van der Waals surface area contributed by atoms with Crippen molar-refractivity contribution in [3.8, 4) is 6.07 Å². The maximum atomic E-state index is 13.0. The minimum Gasteiger partial charge on any atom is -0.337 e. The fraction of sp³-hybridized carbons (Fsp3) is 0.545. The predicted molar refractivity (Wildman–Crippen MR) is 118 cm³/mol. The number of fused-ring (bicyclic) bond motifs is 1. The van der Waals surface area contributed by atoms with Crippen LogP contribution in [0.25, 0.3) is 10.9 Å². The van der Waals surface area contributed by atoms with Crippen LogP contribution in [-0.2, 0) is 11.3 Å². The number of rotatable bonds is 8. The summed E-state index contributed by atoms with van der Waals surface area (Å²) in [7, 11) is 0. The van der Waals surface area contributed by atoms with Gasteiger partial charge in [-0.25, -0.2) is 4.98 Å². The van der Waals surface area contributed by atoms with Crippen LogP contribution in [0.4, 0.5) is 0 Å². The average Bonchev–Trinajstić information content (AvgIpc) is 2.67. The molecule has 6 nitrogen and oxygen atoms in total.